The van der Waals surface area contributed by atoms with Crippen molar-refractivity contribution in [3.05, 3.63) is 96.1 Å². The predicted octanol–water partition coefficient (Wildman–Crippen LogP) is 4.42. The van der Waals surface area contributed by atoms with Crippen molar-refractivity contribution < 1.29 is 8.42 Å². The van der Waals surface area contributed by atoms with E-state index >= 15 is 0 Å². The van der Waals surface area contributed by atoms with Crippen LogP contribution in [0.4, 0.5) is 5.69 Å². The number of rotatable bonds is 4. The number of benzene rings is 3. The molecular weight excluding hydrogens is 392 g/mol. The van der Waals surface area contributed by atoms with Crippen LogP contribution < -0.4 is 4.90 Å². The van der Waals surface area contributed by atoms with Gasteiger partial charge in [0.05, 0.1) is 10.4 Å². The molecule has 30 heavy (non-hydrogen) atoms. The molecule has 0 aromatic heterocycles. The summed E-state index contributed by atoms with van der Waals surface area (Å²) in [6.07, 6.45) is 0.864. The number of fused-ring (bicyclic) bond motifs is 1. The van der Waals surface area contributed by atoms with E-state index in [0.717, 1.165) is 29.8 Å². The zero-order chi connectivity index (χ0) is 20.8. The number of hydrogen-bond donors (Lipinski definition) is 0. The summed E-state index contributed by atoms with van der Waals surface area (Å²) in [6, 6.07) is 27.7. The normalized spacial score (nSPS) is 24.2. The van der Waals surface area contributed by atoms with Gasteiger partial charge in [-0.2, -0.15) is 4.31 Å². The molecule has 0 amide bonds. The van der Waals surface area contributed by atoms with Crippen molar-refractivity contribution in [3.63, 3.8) is 0 Å². The molecule has 0 unspecified atom stereocenters. The van der Waals surface area contributed by atoms with E-state index in [1.165, 1.54) is 0 Å². The van der Waals surface area contributed by atoms with Crippen LogP contribution in [0.5, 0.6) is 0 Å². The highest BCUT2D eigenvalue weighted by atomic mass is 32.2. The molecule has 5 heteroatoms. The van der Waals surface area contributed by atoms with Gasteiger partial charge in [0.1, 0.15) is 0 Å². The molecule has 3 aromatic carbocycles. The van der Waals surface area contributed by atoms with Gasteiger partial charge in [-0.1, -0.05) is 66.2 Å². The van der Waals surface area contributed by atoms with Crippen LogP contribution >= 0.6 is 0 Å². The van der Waals surface area contributed by atoms with Crippen LogP contribution in [0.3, 0.4) is 0 Å². The summed E-state index contributed by atoms with van der Waals surface area (Å²) < 4.78 is 29.4. The number of hydrogen-bond acceptors (Lipinski definition) is 3. The Morgan fingerprint density at radius 1 is 0.867 bits per heavy atom. The third-order valence-electron chi connectivity index (χ3n) is 6.68. The monoisotopic (exact) mass is 418 g/mol. The molecule has 154 valence electrons. The van der Waals surface area contributed by atoms with Gasteiger partial charge in [0, 0.05) is 31.2 Å². The van der Waals surface area contributed by atoms with E-state index in [1.54, 1.807) is 16.4 Å². The van der Waals surface area contributed by atoms with Crippen LogP contribution in [-0.2, 0) is 15.6 Å². The predicted molar refractivity (Wildman–Crippen MR) is 120 cm³/mol. The van der Waals surface area contributed by atoms with E-state index in [1.807, 2.05) is 55.5 Å². The molecule has 0 aliphatic carbocycles. The Balaban J connectivity index is 1.62. The lowest BCUT2D eigenvalue weighted by Gasteiger charge is -2.38. The Labute approximate surface area is 178 Å². The second-order valence-electron chi connectivity index (χ2n) is 8.38. The highest BCUT2D eigenvalue weighted by molar-refractivity contribution is 7.89. The second-order valence-corrected chi connectivity index (χ2v) is 10.2. The van der Waals surface area contributed by atoms with Crippen LogP contribution in [0, 0.1) is 12.8 Å². The van der Waals surface area contributed by atoms with Gasteiger partial charge >= 0.3 is 0 Å². The highest BCUT2D eigenvalue weighted by Gasteiger charge is 2.59. The Morgan fingerprint density at radius 3 is 2.17 bits per heavy atom. The first-order chi connectivity index (χ1) is 14.5. The first kappa shape index (κ1) is 19.3. The molecule has 2 fully saturated rings. The average molecular weight is 419 g/mol. The second kappa shape index (κ2) is 7.25. The fourth-order valence-electron chi connectivity index (χ4n) is 5.19. The van der Waals surface area contributed by atoms with Crippen LogP contribution in [0.1, 0.15) is 17.5 Å². The molecule has 4 nitrogen and oxygen atoms in total. The van der Waals surface area contributed by atoms with E-state index in [9.17, 15) is 8.42 Å². The SMILES string of the molecule is Cc1ccc(S(=O)(=O)N2CC[C@@H]3CN(c4ccccc4)C[C@@]32c2ccccc2)cc1. The summed E-state index contributed by atoms with van der Waals surface area (Å²) in [5.74, 6) is 0.250. The lowest BCUT2D eigenvalue weighted by atomic mass is 9.82. The quantitative estimate of drug-likeness (QED) is 0.630. The molecule has 3 aromatic rings. The van der Waals surface area contributed by atoms with Crippen molar-refractivity contribution in [2.24, 2.45) is 5.92 Å². The van der Waals surface area contributed by atoms with Gasteiger partial charge in [-0.05, 0) is 43.2 Å². The molecule has 0 spiro atoms. The molecule has 5 rings (SSSR count). The standard InChI is InChI=1S/C25H26N2O2S/c1-20-12-14-24(15-13-20)30(28,29)27-17-16-22-18-26(23-10-6-3-7-11-23)19-25(22,27)21-8-4-2-5-9-21/h2-15,22H,16-19H2,1H3/t22-,25-/m1/s1. The lowest BCUT2D eigenvalue weighted by molar-refractivity contribution is 0.234. The number of aryl methyl sites for hydroxylation is 1. The zero-order valence-electron chi connectivity index (χ0n) is 17.1. The molecule has 0 radical (unpaired) electrons. The van der Waals surface area contributed by atoms with Gasteiger partial charge in [0.15, 0.2) is 0 Å². The fraction of sp³-hybridized carbons (Fsp3) is 0.280. The van der Waals surface area contributed by atoms with E-state index < -0.39 is 15.6 Å². The van der Waals surface area contributed by atoms with Crippen molar-refractivity contribution in [3.8, 4) is 0 Å². The van der Waals surface area contributed by atoms with Crippen molar-refractivity contribution in [2.75, 3.05) is 24.5 Å². The maximum Gasteiger partial charge on any atom is 0.243 e. The van der Waals surface area contributed by atoms with Crippen molar-refractivity contribution in [1.29, 1.82) is 0 Å². The van der Waals surface area contributed by atoms with Gasteiger partial charge in [-0.3, -0.25) is 0 Å². The smallest absolute Gasteiger partial charge is 0.243 e. The first-order valence-corrected chi connectivity index (χ1v) is 11.9. The molecule has 0 saturated carbocycles. The Bertz CT molecular complexity index is 1130. The van der Waals surface area contributed by atoms with Crippen LogP contribution in [0.2, 0.25) is 0 Å². The zero-order valence-corrected chi connectivity index (χ0v) is 17.9. The molecule has 2 heterocycles. The minimum absolute atomic E-state index is 0.250. The average Bonchev–Trinajstić information content (AvgIpc) is 3.32. The minimum Gasteiger partial charge on any atom is -0.369 e. The largest absolute Gasteiger partial charge is 0.369 e. The molecule has 2 aliphatic rings. The van der Waals surface area contributed by atoms with E-state index in [-0.39, 0.29) is 5.92 Å². The molecule has 2 atom stereocenters. The van der Waals surface area contributed by atoms with Gasteiger partial charge in [0.2, 0.25) is 10.0 Å². The molecule has 0 N–H and O–H groups in total. The molecule has 2 aliphatic heterocycles. The van der Waals surface area contributed by atoms with Crippen LogP contribution in [-0.4, -0.2) is 32.4 Å². The van der Waals surface area contributed by atoms with E-state index in [4.69, 9.17) is 0 Å². The summed E-state index contributed by atoms with van der Waals surface area (Å²) in [5.41, 5.74) is 2.74. The van der Waals surface area contributed by atoms with Crippen molar-refractivity contribution >= 4 is 15.7 Å². The summed E-state index contributed by atoms with van der Waals surface area (Å²) in [7, 11) is -3.62. The number of sulfonamides is 1. The van der Waals surface area contributed by atoms with Crippen LogP contribution in [0.15, 0.2) is 89.8 Å². The number of nitrogens with zero attached hydrogens (tertiary/aromatic N) is 2. The van der Waals surface area contributed by atoms with E-state index in [2.05, 4.69) is 29.2 Å². The molecule has 0 bridgehead atoms. The van der Waals surface area contributed by atoms with Gasteiger partial charge in [-0.15, -0.1) is 0 Å². The number of para-hydroxylation sites is 1. The fourth-order valence-corrected chi connectivity index (χ4v) is 7.01. The van der Waals surface area contributed by atoms with E-state index in [0.29, 0.717) is 18.0 Å². The van der Waals surface area contributed by atoms with Crippen molar-refractivity contribution in [1.82, 2.24) is 4.31 Å². The Morgan fingerprint density at radius 2 is 1.50 bits per heavy atom. The lowest BCUT2D eigenvalue weighted by Crippen LogP contribution is -2.49. The Hall–Kier alpha value is -2.63. The topological polar surface area (TPSA) is 40.6 Å². The summed E-state index contributed by atoms with van der Waals surface area (Å²) in [6.45, 7) is 4.05. The van der Waals surface area contributed by atoms with Gasteiger partial charge < -0.3 is 4.90 Å². The maximum absolute atomic E-state index is 13.8. The summed E-state index contributed by atoms with van der Waals surface area (Å²) in [5, 5.41) is 0. The maximum atomic E-state index is 13.8. The molecular formula is C25H26N2O2S. The van der Waals surface area contributed by atoms with Crippen molar-refractivity contribution in [2.45, 2.75) is 23.8 Å². The summed E-state index contributed by atoms with van der Waals surface area (Å²) in [4.78, 5) is 2.72. The third-order valence-corrected chi connectivity index (χ3v) is 8.63. The summed E-state index contributed by atoms with van der Waals surface area (Å²) >= 11 is 0. The third kappa shape index (κ3) is 2.96. The highest BCUT2D eigenvalue weighted by Crippen LogP contribution is 2.51. The minimum atomic E-state index is -3.62. The van der Waals surface area contributed by atoms with Gasteiger partial charge in [0.25, 0.3) is 0 Å². The number of anilines is 1. The first-order valence-electron chi connectivity index (χ1n) is 10.5. The molecule has 2 saturated heterocycles. The van der Waals surface area contributed by atoms with Gasteiger partial charge in [-0.25, -0.2) is 8.42 Å². The Kier molecular flexibility index (Phi) is 4.68. The van der Waals surface area contributed by atoms with Crippen LogP contribution in [0.25, 0.3) is 0 Å².